The van der Waals surface area contributed by atoms with Gasteiger partial charge in [0, 0.05) is 36.9 Å². The summed E-state index contributed by atoms with van der Waals surface area (Å²) in [6.07, 6.45) is 9.20. The Labute approximate surface area is 220 Å². The van der Waals surface area contributed by atoms with Crippen molar-refractivity contribution < 1.29 is 14.0 Å². The second kappa shape index (κ2) is 13.3. The third-order valence-corrected chi connectivity index (χ3v) is 7.83. The maximum Gasteiger partial charge on any atom is 0.242 e. The lowest BCUT2D eigenvalue weighted by Gasteiger charge is -2.37. The standard InChI is InChI=1S/C29H41ClFN3O2/c1-4-5-17-33(28(36)29(2,3)22-30)21-27(35)34(25-10-7-6-8-11-25)20-26-12-9-18-32(26)19-23-13-15-24(31)16-14-23/h9,12-16,18,25H,4-8,10-11,17,19-22H2,1-3H3. The maximum atomic E-state index is 13.8. The molecule has 0 bridgehead atoms. The van der Waals surface area contributed by atoms with Gasteiger partial charge in [0.05, 0.1) is 18.5 Å². The van der Waals surface area contributed by atoms with Crippen LogP contribution in [0.3, 0.4) is 0 Å². The molecule has 0 unspecified atom stereocenters. The highest BCUT2D eigenvalue weighted by molar-refractivity contribution is 6.19. The van der Waals surface area contributed by atoms with Crippen molar-refractivity contribution in [3.8, 4) is 0 Å². The van der Waals surface area contributed by atoms with E-state index >= 15 is 0 Å². The van der Waals surface area contributed by atoms with E-state index < -0.39 is 5.41 Å². The molecule has 0 radical (unpaired) electrons. The van der Waals surface area contributed by atoms with Gasteiger partial charge >= 0.3 is 0 Å². The number of carbonyl (C=O) groups is 2. The van der Waals surface area contributed by atoms with Crippen molar-refractivity contribution in [1.82, 2.24) is 14.4 Å². The number of aromatic nitrogens is 1. The zero-order valence-electron chi connectivity index (χ0n) is 22.0. The van der Waals surface area contributed by atoms with Crippen molar-refractivity contribution in [3.63, 3.8) is 0 Å². The van der Waals surface area contributed by atoms with E-state index in [1.165, 1.54) is 18.6 Å². The van der Waals surface area contributed by atoms with Gasteiger partial charge in [-0.1, -0.05) is 44.7 Å². The monoisotopic (exact) mass is 517 g/mol. The molecule has 36 heavy (non-hydrogen) atoms. The second-order valence-electron chi connectivity index (χ2n) is 10.7. The normalized spacial score (nSPS) is 14.6. The fourth-order valence-electron chi connectivity index (χ4n) is 4.86. The lowest BCUT2D eigenvalue weighted by molar-refractivity contribution is -0.147. The minimum Gasteiger partial charge on any atom is -0.345 e. The minimum absolute atomic E-state index is 0.00809. The predicted molar refractivity (Wildman–Crippen MR) is 143 cm³/mol. The largest absolute Gasteiger partial charge is 0.345 e. The van der Waals surface area contributed by atoms with Gasteiger partial charge in [-0.05, 0) is 62.9 Å². The third-order valence-electron chi connectivity index (χ3n) is 7.17. The number of unbranched alkanes of at least 4 members (excludes halogenated alkanes) is 1. The van der Waals surface area contributed by atoms with Crippen LogP contribution in [-0.2, 0) is 22.7 Å². The quantitative estimate of drug-likeness (QED) is 0.313. The molecule has 0 saturated heterocycles. The molecule has 1 aromatic carbocycles. The Morgan fingerprint density at radius 3 is 2.44 bits per heavy atom. The number of alkyl halides is 1. The number of carbonyl (C=O) groups excluding carboxylic acids is 2. The van der Waals surface area contributed by atoms with Crippen LogP contribution >= 0.6 is 11.6 Å². The predicted octanol–water partition coefficient (Wildman–Crippen LogP) is 6.23. The van der Waals surface area contributed by atoms with Crippen molar-refractivity contribution >= 4 is 23.4 Å². The fraction of sp³-hybridized carbons (Fsp3) is 0.586. The highest BCUT2D eigenvalue weighted by atomic mass is 35.5. The van der Waals surface area contributed by atoms with Crippen LogP contribution in [0.15, 0.2) is 42.6 Å². The number of hydrogen-bond acceptors (Lipinski definition) is 2. The van der Waals surface area contributed by atoms with Crippen LogP contribution in [0.2, 0.25) is 0 Å². The van der Waals surface area contributed by atoms with E-state index in [2.05, 4.69) is 11.5 Å². The van der Waals surface area contributed by atoms with Crippen LogP contribution in [0, 0.1) is 11.2 Å². The van der Waals surface area contributed by atoms with Gasteiger partial charge in [0.1, 0.15) is 5.82 Å². The Balaban J connectivity index is 1.81. The molecule has 3 rings (SSSR count). The molecule has 1 heterocycles. The molecule has 2 aromatic rings. The Morgan fingerprint density at radius 2 is 1.81 bits per heavy atom. The van der Waals surface area contributed by atoms with Gasteiger partial charge in [0.25, 0.3) is 0 Å². The van der Waals surface area contributed by atoms with E-state index in [1.54, 1.807) is 17.0 Å². The number of nitrogens with zero attached hydrogens (tertiary/aromatic N) is 3. The SMILES string of the molecule is CCCCN(CC(=O)N(Cc1cccn1Cc1ccc(F)cc1)C1CCCCC1)C(=O)C(C)(C)CCl. The summed E-state index contributed by atoms with van der Waals surface area (Å²) in [6.45, 7) is 7.50. The van der Waals surface area contributed by atoms with Gasteiger partial charge in [-0.2, -0.15) is 0 Å². The Morgan fingerprint density at radius 1 is 1.11 bits per heavy atom. The molecule has 0 spiro atoms. The van der Waals surface area contributed by atoms with Crippen molar-refractivity contribution in [2.45, 2.75) is 84.8 Å². The minimum atomic E-state index is -0.713. The van der Waals surface area contributed by atoms with Gasteiger partial charge in [0.15, 0.2) is 0 Å². The Hall–Kier alpha value is -2.34. The maximum absolute atomic E-state index is 13.8. The molecule has 1 aromatic heterocycles. The first-order chi connectivity index (χ1) is 17.2. The first kappa shape index (κ1) is 28.2. The summed E-state index contributed by atoms with van der Waals surface area (Å²) in [5.41, 5.74) is 1.32. The molecule has 0 aliphatic heterocycles. The van der Waals surface area contributed by atoms with Crippen LogP contribution in [0.1, 0.15) is 77.0 Å². The molecule has 0 N–H and O–H groups in total. The summed E-state index contributed by atoms with van der Waals surface area (Å²) >= 11 is 6.11. The second-order valence-corrected chi connectivity index (χ2v) is 10.9. The third kappa shape index (κ3) is 7.58. The summed E-state index contributed by atoms with van der Waals surface area (Å²) < 4.78 is 15.5. The zero-order valence-corrected chi connectivity index (χ0v) is 22.8. The van der Waals surface area contributed by atoms with Crippen LogP contribution in [0.5, 0.6) is 0 Å². The topological polar surface area (TPSA) is 45.6 Å². The molecule has 2 amide bonds. The molecule has 1 aliphatic rings. The van der Waals surface area contributed by atoms with Gasteiger partial charge in [-0.25, -0.2) is 4.39 Å². The fourth-order valence-corrected chi connectivity index (χ4v) is 4.98. The zero-order chi connectivity index (χ0) is 26.1. The van der Waals surface area contributed by atoms with Crippen LogP contribution in [0.25, 0.3) is 0 Å². The number of amides is 2. The van der Waals surface area contributed by atoms with E-state index in [-0.39, 0.29) is 36.1 Å². The van der Waals surface area contributed by atoms with Gasteiger partial charge in [-0.3, -0.25) is 9.59 Å². The molecule has 1 saturated carbocycles. The summed E-state index contributed by atoms with van der Waals surface area (Å²) in [5.74, 6) is -0.111. The van der Waals surface area contributed by atoms with Crippen LogP contribution in [0.4, 0.5) is 4.39 Å². The van der Waals surface area contributed by atoms with Crippen LogP contribution in [-0.4, -0.2) is 51.2 Å². The molecule has 7 heteroatoms. The van der Waals surface area contributed by atoms with Crippen LogP contribution < -0.4 is 0 Å². The molecular weight excluding hydrogens is 477 g/mol. The first-order valence-corrected chi connectivity index (χ1v) is 13.8. The summed E-state index contributed by atoms with van der Waals surface area (Å²) in [7, 11) is 0. The lowest BCUT2D eigenvalue weighted by atomic mass is 9.93. The first-order valence-electron chi connectivity index (χ1n) is 13.3. The van der Waals surface area contributed by atoms with E-state index in [4.69, 9.17) is 11.6 Å². The highest BCUT2D eigenvalue weighted by Gasteiger charge is 2.34. The molecular formula is C29H41ClFN3O2. The molecule has 198 valence electrons. The average Bonchev–Trinajstić information content (AvgIpc) is 3.32. The summed E-state index contributed by atoms with van der Waals surface area (Å²) in [4.78, 5) is 30.8. The number of halogens is 2. The average molecular weight is 518 g/mol. The summed E-state index contributed by atoms with van der Waals surface area (Å²) in [6, 6.07) is 10.7. The Kier molecular flexibility index (Phi) is 10.4. The number of benzene rings is 1. The molecule has 5 nitrogen and oxygen atoms in total. The van der Waals surface area contributed by atoms with Crippen molar-refractivity contribution in [2.75, 3.05) is 19.0 Å². The Bertz CT molecular complexity index is 983. The van der Waals surface area contributed by atoms with Crippen molar-refractivity contribution in [1.29, 1.82) is 0 Å². The molecule has 0 atom stereocenters. The lowest BCUT2D eigenvalue weighted by Crippen LogP contribution is -2.50. The molecule has 1 fully saturated rings. The van der Waals surface area contributed by atoms with Gasteiger partial charge < -0.3 is 14.4 Å². The smallest absolute Gasteiger partial charge is 0.242 e. The highest BCUT2D eigenvalue weighted by Crippen LogP contribution is 2.26. The van der Waals surface area contributed by atoms with E-state index in [0.717, 1.165) is 49.8 Å². The van der Waals surface area contributed by atoms with Gasteiger partial charge in [-0.15, -0.1) is 11.6 Å². The van der Waals surface area contributed by atoms with E-state index in [9.17, 15) is 14.0 Å². The summed E-state index contributed by atoms with van der Waals surface area (Å²) in [5, 5.41) is 0. The van der Waals surface area contributed by atoms with Crippen molar-refractivity contribution in [3.05, 3.63) is 59.7 Å². The number of hydrogen-bond donors (Lipinski definition) is 0. The van der Waals surface area contributed by atoms with Gasteiger partial charge in [0.2, 0.25) is 11.8 Å². The van der Waals surface area contributed by atoms with E-state index in [0.29, 0.717) is 19.6 Å². The van der Waals surface area contributed by atoms with E-state index in [1.807, 2.05) is 37.1 Å². The number of rotatable bonds is 12. The molecule has 1 aliphatic carbocycles. The van der Waals surface area contributed by atoms with Crippen molar-refractivity contribution in [2.24, 2.45) is 5.41 Å².